The third-order valence-electron chi connectivity index (χ3n) is 1.57. The zero-order valence-electron chi connectivity index (χ0n) is 6.60. The van der Waals surface area contributed by atoms with E-state index in [-0.39, 0.29) is 0 Å². The molecule has 0 aliphatic rings. The van der Waals surface area contributed by atoms with Gasteiger partial charge in [-0.25, -0.2) is 0 Å². The molecular weight excluding hydrogens is 154 g/mol. The van der Waals surface area contributed by atoms with E-state index in [0.717, 1.165) is 5.56 Å². The summed E-state index contributed by atoms with van der Waals surface area (Å²) in [6.07, 6.45) is 3.78. The summed E-state index contributed by atoms with van der Waals surface area (Å²) >= 11 is 0. The van der Waals surface area contributed by atoms with Crippen LogP contribution >= 0.6 is 0 Å². The Hall–Kier alpha value is -1.42. The maximum absolute atomic E-state index is 10.6. The van der Waals surface area contributed by atoms with Crippen molar-refractivity contribution >= 4 is 5.91 Å². The van der Waals surface area contributed by atoms with Gasteiger partial charge in [-0.2, -0.15) is 0 Å². The smallest absolute Gasteiger partial charge is 0.234 e. The molecule has 0 bridgehead atoms. The van der Waals surface area contributed by atoms with Crippen LogP contribution in [0.25, 0.3) is 0 Å². The number of pyridine rings is 1. The fourth-order valence-electron chi connectivity index (χ4n) is 0.873. The highest BCUT2D eigenvalue weighted by molar-refractivity contribution is 5.79. The average Bonchev–Trinajstić information content (AvgIpc) is 2.06. The minimum Gasteiger partial charge on any atom is -0.368 e. The summed E-state index contributed by atoms with van der Waals surface area (Å²) < 4.78 is 0. The van der Waals surface area contributed by atoms with Crippen LogP contribution in [0.5, 0.6) is 0 Å². The van der Waals surface area contributed by atoms with Gasteiger partial charge in [0.25, 0.3) is 0 Å². The molecule has 1 aromatic heterocycles. The first-order valence-corrected chi connectivity index (χ1v) is 3.64. The van der Waals surface area contributed by atoms with Crippen LogP contribution in [-0.4, -0.2) is 16.9 Å². The second-order valence-electron chi connectivity index (χ2n) is 2.57. The predicted molar refractivity (Wildman–Crippen MR) is 45.1 cm³/mol. The van der Waals surface area contributed by atoms with Gasteiger partial charge in [0.15, 0.2) is 0 Å². The summed E-state index contributed by atoms with van der Waals surface area (Å²) in [6, 6.07) is 3.01. The Bertz CT molecular complexity index is 260. The van der Waals surface area contributed by atoms with E-state index in [1.807, 2.05) is 12.1 Å². The Labute approximate surface area is 70.6 Å². The highest BCUT2D eigenvalue weighted by Gasteiger charge is 2.08. The van der Waals surface area contributed by atoms with Gasteiger partial charge in [-0.3, -0.25) is 9.78 Å². The first-order valence-electron chi connectivity index (χ1n) is 3.64. The molecular formula is C8H11N3O. The molecule has 1 unspecified atom stereocenters. The number of nitrogens with zero attached hydrogens (tertiary/aromatic N) is 1. The molecule has 4 N–H and O–H groups in total. The van der Waals surface area contributed by atoms with Gasteiger partial charge in [0.2, 0.25) is 5.91 Å². The van der Waals surface area contributed by atoms with Crippen molar-refractivity contribution in [2.45, 2.75) is 12.5 Å². The molecule has 1 heterocycles. The highest BCUT2D eigenvalue weighted by atomic mass is 16.1. The number of rotatable bonds is 3. The van der Waals surface area contributed by atoms with E-state index in [2.05, 4.69) is 4.98 Å². The lowest BCUT2D eigenvalue weighted by atomic mass is 10.1. The lowest BCUT2D eigenvalue weighted by molar-refractivity contribution is -0.119. The molecule has 0 fully saturated rings. The molecule has 0 aromatic carbocycles. The molecule has 4 nitrogen and oxygen atoms in total. The number of hydrogen-bond donors (Lipinski definition) is 2. The molecule has 0 radical (unpaired) electrons. The molecule has 1 amide bonds. The van der Waals surface area contributed by atoms with Gasteiger partial charge in [0.05, 0.1) is 6.04 Å². The monoisotopic (exact) mass is 165 g/mol. The van der Waals surface area contributed by atoms with Gasteiger partial charge >= 0.3 is 0 Å². The Kier molecular flexibility index (Phi) is 2.76. The van der Waals surface area contributed by atoms with Crippen LogP contribution in [0.15, 0.2) is 24.5 Å². The fraction of sp³-hybridized carbons (Fsp3) is 0.250. The second kappa shape index (κ2) is 3.82. The van der Waals surface area contributed by atoms with Crippen LogP contribution < -0.4 is 11.5 Å². The quantitative estimate of drug-likeness (QED) is 0.629. The third kappa shape index (κ3) is 2.32. The highest BCUT2D eigenvalue weighted by Crippen LogP contribution is 1.99. The summed E-state index contributed by atoms with van der Waals surface area (Å²) in [5.74, 6) is -0.480. The summed E-state index contributed by atoms with van der Waals surface area (Å²) in [6.45, 7) is 0. The van der Waals surface area contributed by atoms with Gasteiger partial charge in [0.1, 0.15) is 0 Å². The molecule has 0 spiro atoms. The molecule has 0 saturated carbocycles. The Morgan fingerprint density at radius 1 is 1.50 bits per heavy atom. The second-order valence-corrected chi connectivity index (χ2v) is 2.57. The van der Waals surface area contributed by atoms with Crippen molar-refractivity contribution in [1.29, 1.82) is 0 Å². The normalized spacial score (nSPS) is 12.4. The summed E-state index contributed by atoms with van der Waals surface area (Å²) in [4.78, 5) is 14.4. The van der Waals surface area contributed by atoms with Crippen LogP contribution in [0.3, 0.4) is 0 Å². The number of nitrogens with two attached hydrogens (primary N) is 2. The number of aromatic nitrogens is 1. The minimum atomic E-state index is -0.604. The number of carbonyl (C=O) groups excluding carboxylic acids is 1. The maximum atomic E-state index is 10.6. The molecule has 0 aliphatic carbocycles. The van der Waals surface area contributed by atoms with Crippen molar-refractivity contribution in [3.05, 3.63) is 30.1 Å². The lowest BCUT2D eigenvalue weighted by Crippen LogP contribution is -2.38. The first kappa shape index (κ1) is 8.67. The van der Waals surface area contributed by atoms with E-state index in [9.17, 15) is 4.79 Å². The van der Waals surface area contributed by atoms with E-state index in [1.54, 1.807) is 12.4 Å². The molecule has 4 heteroatoms. The van der Waals surface area contributed by atoms with Crippen LogP contribution in [0.2, 0.25) is 0 Å². The number of hydrogen-bond acceptors (Lipinski definition) is 3. The molecule has 1 aromatic rings. The lowest BCUT2D eigenvalue weighted by Gasteiger charge is -2.05. The van der Waals surface area contributed by atoms with Crippen molar-refractivity contribution in [3.8, 4) is 0 Å². The molecule has 12 heavy (non-hydrogen) atoms. The van der Waals surface area contributed by atoms with E-state index < -0.39 is 11.9 Å². The van der Waals surface area contributed by atoms with Gasteiger partial charge in [-0.15, -0.1) is 0 Å². The summed E-state index contributed by atoms with van der Waals surface area (Å²) in [5, 5.41) is 0. The summed E-state index contributed by atoms with van der Waals surface area (Å²) in [7, 11) is 0. The largest absolute Gasteiger partial charge is 0.368 e. The Morgan fingerprint density at radius 3 is 2.58 bits per heavy atom. The van der Waals surface area contributed by atoms with Gasteiger partial charge in [-0.05, 0) is 24.1 Å². The zero-order chi connectivity index (χ0) is 8.97. The van der Waals surface area contributed by atoms with Crippen molar-refractivity contribution < 1.29 is 4.79 Å². The van der Waals surface area contributed by atoms with Crippen LogP contribution in [0.1, 0.15) is 5.56 Å². The predicted octanol–water partition coefficient (Wildman–Crippen LogP) is -0.563. The van der Waals surface area contributed by atoms with E-state index in [0.29, 0.717) is 6.42 Å². The van der Waals surface area contributed by atoms with E-state index in [1.165, 1.54) is 0 Å². The minimum absolute atomic E-state index is 0.470. The Morgan fingerprint density at radius 2 is 2.08 bits per heavy atom. The average molecular weight is 165 g/mol. The number of amides is 1. The fourth-order valence-corrected chi connectivity index (χ4v) is 0.873. The van der Waals surface area contributed by atoms with E-state index >= 15 is 0 Å². The number of carbonyl (C=O) groups is 1. The SMILES string of the molecule is NC(=O)C(N)Cc1ccncc1. The third-order valence-corrected chi connectivity index (χ3v) is 1.57. The molecule has 0 aliphatic heterocycles. The van der Waals surface area contributed by atoms with Gasteiger partial charge in [0, 0.05) is 12.4 Å². The van der Waals surface area contributed by atoms with Crippen LogP contribution in [0, 0.1) is 0 Å². The maximum Gasteiger partial charge on any atom is 0.234 e. The van der Waals surface area contributed by atoms with Crippen LogP contribution in [0.4, 0.5) is 0 Å². The Balaban J connectivity index is 2.58. The van der Waals surface area contributed by atoms with Crippen LogP contribution in [-0.2, 0) is 11.2 Å². The van der Waals surface area contributed by atoms with Crippen molar-refractivity contribution in [2.24, 2.45) is 11.5 Å². The van der Waals surface area contributed by atoms with Gasteiger partial charge in [-0.1, -0.05) is 0 Å². The van der Waals surface area contributed by atoms with E-state index in [4.69, 9.17) is 11.5 Å². The van der Waals surface area contributed by atoms with Gasteiger partial charge < -0.3 is 11.5 Å². The molecule has 0 saturated heterocycles. The van der Waals surface area contributed by atoms with Crippen molar-refractivity contribution in [1.82, 2.24) is 4.98 Å². The first-order chi connectivity index (χ1) is 5.70. The topological polar surface area (TPSA) is 82.0 Å². The zero-order valence-corrected chi connectivity index (χ0v) is 6.60. The van der Waals surface area contributed by atoms with Crippen molar-refractivity contribution in [3.63, 3.8) is 0 Å². The molecule has 64 valence electrons. The standard InChI is InChI=1S/C8H11N3O/c9-7(8(10)12)5-6-1-3-11-4-2-6/h1-4,7H,5,9H2,(H2,10,12). The molecule has 1 atom stereocenters. The van der Waals surface area contributed by atoms with Crippen molar-refractivity contribution in [2.75, 3.05) is 0 Å². The number of primary amides is 1. The molecule has 1 rings (SSSR count). The summed E-state index contributed by atoms with van der Waals surface area (Å²) in [5.41, 5.74) is 11.4.